The molecule has 0 radical (unpaired) electrons. The summed E-state index contributed by atoms with van der Waals surface area (Å²) in [6, 6.07) is 9.12. The van der Waals surface area contributed by atoms with Crippen molar-refractivity contribution in [1.82, 2.24) is 15.1 Å². The topological polar surface area (TPSA) is 79.8 Å². The lowest BCUT2D eigenvalue weighted by molar-refractivity contribution is -0.115. The number of ether oxygens (including phenoxy) is 2. The summed E-state index contributed by atoms with van der Waals surface area (Å²) in [5.74, 6) is 2.36. The zero-order chi connectivity index (χ0) is 19.9. The van der Waals surface area contributed by atoms with Gasteiger partial charge in [0.15, 0.2) is 23.1 Å². The van der Waals surface area contributed by atoms with Gasteiger partial charge in [-0.05, 0) is 36.4 Å². The largest absolute Gasteiger partial charge is 0.493 e. The van der Waals surface area contributed by atoms with Gasteiger partial charge in [0, 0.05) is 26.2 Å². The SMILES string of the molecule is CCN1CCN(c2ccc(NC(=O)Cc3ccc(OC)c(OC)c3)nn2)CC1. The van der Waals surface area contributed by atoms with Crippen LogP contribution in [0.2, 0.25) is 0 Å². The third-order valence-electron chi connectivity index (χ3n) is 4.87. The highest BCUT2D eigenvalue weighted by Crippen LogP contribution is 2.27. The van der Waals surface area contributed by atoms with Crippen LogP contribution in [0.4, 0.5) is 11.6 Å². The summed E-state index contributed by atoms with van der Waals surface area (Å²) in [6.07, 6.45) is 0.211. The first-order valence-corrected chi connectivity index (χ1v) is 9.44. The number of methoxy groups -OCH3 is 2. The summed E-state index contributed by atoms with van der Waals surface area (Å²) < 4.78 is 10.5. The van der Waals surface area contributed by atoms with E-state index in [9.17, 15) is 4.79 Å². The lowest BCUT2D eigenvalue weighted by atomic mass is 10.1. The maximum absolute atomic E-state index is 12.3. The second kappa shape index (κ2) is 9.36. The number of amides is 1. The van der Waals surface area contributed by atoms with Crippen LogP contribution in [0.3, 0.4) is 0 Å². The molecule has 8 nitrogen and oxygen atoms in total. The van der Waals surface area contributed by atoms with E-state index in [0.29, 0.717) is 17.3 Å². The number of anilines is 2. The highest BCUT2D eigenvalue weighted by Gasteiger charge is 2.17. The Morgan fingerprint density at radius 1 is 1.04 bits per heavy atom. The fourth-order valence-electron chi connectivity index (χ4n) is 3.22. The van der Waals surface area contributed by atoms with Crippen LogP contribution in [-0.2, 0) is 11.2 Å². The quantitative estimate of drug-likeness (QED) is 0.779. The standard InChI is InChI=1S/C20H27N5O3/c1-4-24-9-11-25(12-10-24)19-8-7-18(22-23-19)21-20(26)14-15-5-6-16(27-2)17(13-15)28-3/h5-8,13H,4,9-12,14H2,1-3H3,(H,21,22,26). The van der Waals surface area contributed by atoms with Crippen LogP contribution in [0.5, 0.6) is 11.5 Å². The first-order valence-electron chi connectivity index (χ1n) is 9.44. The van der Waals surface area contributed by atoms with E-state index >= 15 is 0 Å². The molecule has 2 aromatic rings. The van der Waals surface area contributed by atoms with Crippen molar-refractivity contribution in [3.8, 4) is 11.5 Å². The van der Waals surface area contributed by atoms with Crippen molar-refractivity contribution in [3.05, 3.63) is 35.9 Å². The van der Waals surface area contributed by atoms with Crippen LogP contribution < -0.4 is 19.7 Å². The van der Waals surface area contributed by atoms with E-state index in [1.165, 1.54) is 0 Å². The number of hydrogen-bond donors (Lipinski definition) is 1. The van der Waals surface area contributed by atoms with Crippen molar-refractivity contribution in [3.63, 3.8) is 0 Å². The predicted molar refractivity (Wildman–Crippen MR) is 108 cm³/mol. The Morgan fingerprint density at radius 3 is 2.39 bits per heavy atom. The molecule has 0 atom stereocenters. The van der Waals surface area contributed by atoms with E-state index in [1.807, 2.05) is 12.1 Å². The van der Waals surface area contributed by atoms with Gasteiger partial charge in [-0.1, -0.05) is 13.0 Å². The minimum atomic E-state index is -0.161. The summed E-state index contributed by atoms with van der Waals surface area (Å²) in [5.41, 5.74) is 0.827. The van der Waals surface area contributed by atoms with Crippen LogP contribution >= 0.6 is 0 Å². The molecule has 28 heavy (non-hydrogen) atoms. The van der Waals surface area contributed by atoms with Gasteiger partial charge in [0.1, 0.15) is 0 Å². The number of nitrogens with one attached hydrogen (secondary N) is 1. The molecule has 1 fully saturated rings. The van der Waals surface area contributed by atoms with Crippen molar-refractivity contribution in [2.24, 2.45) is 0 Å². The molecule has 1 amide bonds. The molecular formula is C20H27N5O3. The summed E-state index contributed by atoms with van der Waals surface area (Å²) in [6.45, 7) is 7.19. The van der Waals surface area contributed by atoms with Crippen LogP contribution in [0.25, 0.3) is 0 Å². The fourth-order valence-corrected chi connectivity index (χ4v) is 3.22. The first kappa shape index (κ1) is 19.9. The molecule has 1 saturated heterocycles. The average Bonchev–Trinajstić information content (AvgIpc) is 2.74. The monoisotopic (exact) mass is 385 g/mol. The van der Waals surface area contributed by atoms with Crippen molar-refractivity contribution in [2.75, 3.05) is 57.2 Å². The lowest BCUT2D eigenvalue weighted by Crippen LogP contribution is -2.46. The van der Waals surface area contributed by atoms with Gasteiger partial charge in [0.05, 0.1) is 20.6 Å². The molecule has 150 valence electrons. The van der Waals surface area contributed by atoms with Gasteiger partial charge in [-0.2, -0.15) is 0 Å². The highest BCUT2D eigenvalue weighted by molar-refractivity contribution is 5.91. The minimum absolute atomic E-state index is 0.161. The normalized spacial score (nSPS) is 14.6. The first-order chi connectivity index (χ1) is 13.6. The number of likely N-dealkylation sites (N-methyl/N-ethyl adjacent to an activating group) is 1. The molecule has 1 aromatic heterocycles. The van der Waals surface area contributed by atoms with Gasteiger partial charge in [0.2, 0.25) is 5.91 Å². The molecule has 1 aliphatic rings. The number of nitrogens with zero attached hydrogens (tertiary/aromatic N) is 4. The molecule has 0 aliphatic carbocycles. The summed E-state index contributed by atoms with van der Waals surface area (Å²) in [5, 5.41) is 11.2. The van der Waals surface area contributed by atoms with Gasteiger partial charge < -0.3 is 24.6 Å². The van der Waals surface area contributed by atoms with Crippen molar-refractivity contribution < 1.29 is 14.3 Å². The number of hydrogen-bond acceptors (Lipinski definition) is 7. The smallest absolute Gasteiger partial charge is 0.229 e. The van der Waals surface area contributed by atoms with Crippen LogP contribution in [0.15, 0.2) is 30.3 Å². The lowest BCUT2D eigenvalue weighted by Gasteiger charge is -2.34. The number of carbonyl (C=O) groups is 1. The van der Waals surface area contributed by atoms with E-state index in [1.54, 1.807) is 32.4 Å². The Bertz CT molecular complexity index is 789. The van der Waals surface area contributed by atoms with Gasteiger partial charge >= 0.3 is 0 Å². The predicted octanol–water partition coefficient (Wildman–Crippen LogP) is 1.82. The van der Waals surface area contributed by atoms with E-state index in [-0.39, 0.29) is 12.3 Å². The molecule has 0 saturated carbocycles. The third kappa shape index (κ3) is 4.89. The third-order valence-corrected chi connectivity index (χ3v) is 4.87. The Balaban J connectivity index is 1.56. The molecule has 0 unspecified atom stereocenters. The molecule has 1 aromatic carbocycles. The molecule has 2 heterocycles. The van der Waals surface area contributed by atoms with Gasteiger partial charge in [-0.3, -0.25) is 4.79 Å². The minimum Gasteiger partial charge on any atom is -0.493 e. The second-order valence-corrected chi connectivity index (χ2v) is 6.61. The Morgan fingerprint density at radius 2 is 1.79 bits per heavy atom. The highest BCUT2D eigenvalue weighted by atomic mass is 16.5. The molecular weight excluding hydrogens is 358 g/mol. The van der Waals surface area contributed by atoms with E-state index in [2.05, 4.69) is 32.2 Å². The zero-order valence-electron chi connectivity index (χ0n) is 16.6. The second-order valence-electron chi connectivity index (χ2n) is 6.61. The van der Waals surface area contributed by atoms with E-state index in [0.717, 1.165) is 44.1 Å². The molecule has 1 aliphatic heterocycles. The van der Waals surface area contributed by atoms with Gasteiger partial charge in [0.25, 0.3) is 0 Å². The Kier molecular flexibility index (Phi) is 6.65. The number of aromatic nitrogens is 2. The molecule has 1 N–H and O–H groups in total. The van der Waals surface area contributed by atoms with Gasteiger partial charge in [-0.15, -0.1) is 10.2 Å². The number of benzene rings is 1. The number of piperazine rings is 1. The summed E-state index contributed by atoms with van der Waals surface area (Å²) in [4.78, 5) is 17.0. The van der Waals surface area contributed by atoms with Crippen LogP contribution in [0.1, 0.15) is 12.5 Å². The molecule has 0 spiro atoms. The number of carbonyl (C=O) groups excluding carboxylic acids is 1. The Hall–Kier alpha value is -2.87. The maximum atomic E-state index is 12.3. The van der Waals surface area contributed by atoms with Gasteiger partial charge in [-0.25, -0.2) is 0 Å². The average molecular weight is 385 g/mol. The summed E-state index contributed by atoms with van der Waals surface area (Å²) in [7, 11) is 3.15. The van der Waals surface area contributed by atoms with E-state index < -0.39 is 0 Å². The fraction of sp³-hybridized carbons (Fsp3) is 0.450. The van der Waals surface area contributed by atoms with Crippen LogP contribution in [-0.4, -0.2) is 67.9 Å². The molecule has 8 heteroatoms. The molecule has 3 rings (SSSR count). The molecule has 0 bridgehead atoms. The van der Waals surface area contributed by atoms with Crippen LogP contribution in [0, 0.1) is 0 Å². The Labute approximate surface area is 165 Å². The summed E-state index contributed by atoms with van der Waals surface area (Å²) >= 11 is 0. The number of rotatable bonds is 7. The zero-order valence-corrected chi connectivity index (χ0v) is 16.6. The van der Waals surface area contributed by atoms with Crippen molar-refractivity contribution in [1.29, 1.82) is 0 Å². The maximum Gasteiger partial charge on any atom is 0.229 e. The van der Waals surface area contributed by atoms with Crippen molar-refractivity contribution >= 4 is 17.5 Å². The van der Waals surface area contributed by atoms with E-state index in [4.69, 9.17) is 9.47 Å². The van der Waals surface area contributed by atoms with Crippen molar-refractivity contribution in [2.45, 2.75) is 13.3 Å².